The summed E-state index contributed by atoms with van der Waals surface area (Å²) >= 11 is 7.95. The molecule has 2 aliphatic rings. The normalized spacial score (nSPS) is 19.6. The number of hydrogen-bond donors (Lipinski definition) is 1. The highest BCUT2D eigenvalue weighted by Crippen LogP contribution is 2.34. The Morgan fingerprint density at radius 1 is 1.18 bits per heavy atom. The lowest BCUT2D eigenvalue weighted by Crippen LogP contribution is -2.54. The highest BCUT2D eigenvalue weighted by Gasteiger charge is 2.45. The first-order valence-electron chi connectivity index (χ1n) is 13.2. The summed E-state index contributed by atoms with van der Waals surface area (Å²) in [6.07, 6.45) is 0.231. The minimum absolute atomic E-state index is 0.0798. The zero-order chi connectivity index (χ0) is 27.8. The number of ketones is 1. The van der Waals surface area contributed by atoms with Crippen molar-refractivity contribution in [1.29, 1.82) is 0 Å². The van der Waals surface area contributed by atoms with Crippen LogP contribution >= 0.6 is 22.9 Å². The highest BCUT2D eigenvalue weighted by molar-refractivity contribution is 7.13. The Balaban J connectivity index is 1.28. The smallest absolute Gasteiger partial charge is 0.255 e. The third-order valence-electron chi connectivity index (χ3n) is 7.71. The monoisotopic (exact) mass is 565 g/mol. The summed E-state index contributed by atoms with van der Waals surface area (Å²) in [5.41, 5.74) is 6.18. The van der Waals surface area contributed by atoms with Crippen LogP contribution in [0.5, 0.6) is 0 Å². The van der Waals surface area contributed by atoms with Crippen LogP contribution in [0.25, 0.3) is 10.4 Å². The number of likely N-dealkylation sites (tertiary alicyclic amines) is 1. The molecule has 39 heavy (non-hydrogen) atoms. The lowest BCUT2D eigenvalue weighted by atomic mass is 9.98. The number of hydrogen-bond acceptors (Lipinski definition) is 6. The number of benzene rings is 2. The van der Waals surface area contributed by atoms with Crippen LogP contribution in [0, 0.1) is 12.8 Å². The first-order valence-corrected chi connectivity index (χ1v) is 14.5. The molecule has 2 aliphatic heterocycles. The Morgan fingerprint density at radius 2 is 1.92 bits per heavy atom. The van der Waals surface area contributed by atoms with Gasteiger partial charge in [0.2, 0.25) is 5.91 Å². The van der Waals surface area contributed by atoms with Crippen LogP contribution in [0.1, 0.15) is 53.9 Å². The number of nitrogens with zero attached hydrogens (tertiary/aromatic N) is 3. The lowest BCUT2D eigenvalue weighted by molar-refractivity contribution is -0.142. The molecule has 0 aliphatic carbocycles. The Labute approximate surface area is 237 Å². The number of carbonyl (C=O) groups is 3. The molecule has 1 aromatic heterocycles. The largest absolute Gasteiger partial charge is 0.391 e. The number of aliphatic hydroxyl groups is 1. The first kappa shape index (κ1) is 27.5. The number of rotatable bonds is 8. The van der Waals surface area contributed by atoms with Crippen molar-refractivity contribution in [1.82, 2.24) is 14.8 Å². The molecule has 7 nitrogen and oxygen atoms in total. The highest BCUT2D eigenvalue weighted by atomic mass is 35.5. The second-order valence-electron chi connectivity index (χ2n) is 10.7. The van der Waals surface area contributed by atoms with E-state index >= 15 is 0 Å². The molecule has 3 atom stereocenters. The molecule has 3 heterocycles. The van der Waals surface area contributed by atoms with Gasteiger partial charge in [0.05, 0.1) is 28.2 Å². The van der Waals surface area contributed by atoms with Crippen molar-refractivity contribution in [3.8, 4) is 10.4 Å². The predicted octanol–water partition coefficient (Wildman–Crippen LogP) is 4.92. The van der Waals surface area contributed by atoms with E-state index in [0.717, 1.165) is 21.7 Å². The Hall–Kier alpha value is -3.07. The van der Waals surface area contributed by atoms with E-state index in [1.807, 2.05) is 50.5 Å². The van der Waals surface area contributed by atoms with Gasteiger partial charge in [0, 0.05) is 42.1 Å². The number of aromatic nitrogens is 1. The maximum atomic E-state index is 13.9. The molecular formula is C30H32ClN3O4S. The summed E-state index contributed by atoms with van der Waals surface area (Å²) in [5.74, 6) is -0.812. The molecule has 5 rings (SSSR count). The van der Waals surface area contributed by atoms with Crippen LogP contribution < -0.4 is 0 Å². The molecule has 1 N–H and O–H groups in total. The van der Waals surface area contributed by atoms with Crippen molar-refractivity contribution in [2.45, 2.75) is 64.8 Å². The molecule has 3 aromatic rings. The Kier molecular flexibility index (Phi) is 7.89. The summed E-state index contributed by atoms with van der Waals surface area (Å²) in [6, 6.07) is 11.8. The number of β-amino-alcohol motifs (C(OH)–C–C–N with tert-alkyl or cyclic N) is 1. The van der Waals surface area contributed by atoms with Gasteiger partial charge < -0.3 is 14.9 Å². The number of halogens is 1. The summed E-state index contributed by atoms with van der Waals surface area (Å²) in [6.45, 7) is 6.09. The maximum absolute atomic E-state index is 13.9. The first-order chi connectivity index (χ1) is 18.7. The molecular weight excluding hydrogens is 534 g/mol. The average molecular weight is 566 g/mol. The van der Waals surface area contributed by atoms with E-state index in [9.17, 15) is 19.5 Å². The number of amides is 2. The fourth-order valence-electron chi connectivity index (χ4n) is 5.69. The fourth-order valence-corrected chi connectivity index (χ4v) is 6.73. The minimum atomic E-state index is -0.779. The third-order valence-corrected chi connectivity index (χ3v) is 9.05. The Bertz CT molecular complexity index is 1400. The fraction of sp³-hybridized carbons (Fsp3) is 0.400. The minimum Gasteiger partial charge on any atom is -0.391 e. The Morgan fingerprint density at radius 3 is 2.56 bits per heavy atom. The zero-order valence-electron chi connectivity index (χ0n) is 22.3. The quantitative estimate of drug-likeness (QED) is 0.419. The standard InChI is InChI=1S/C30H32ClN3O4S/c1-17(2)27(34-15-23-22(29(34)37)5-4-6-24(23)31)30(38)33-14-21(35)13-25(33)26(36)12-9-19-7-10-20(11-8-19)28-18(3)32-16-39-28/h4-8,10-11,16-17,21,25,27,35H,9,12-15H2,1-3H3/t21-,25?,27+/m1/s1. The SMILES string of the molecule is Cc1ncsc1-c1ccc(CCC(=O)C2C[C@@H](O)CN2C(=O)[C@H](C(C)C)N2Cc3c(Cl)cccc3C2=O)cc1. The maximum Gasteiger partial charge on any atom is 0.255 e. The van der Waals surface area contributed by atoms with Gasteiger partial charge in [-0.3, -0.25) is 14.4 Å². The van der Waals surface area contributed by atoms with E-state index in [1.54, 1.807) is 34.4 Å². The van der Waals surface area contributed by atoms with Crippen LogP contribution in [-0.2, 0) is 22.6 Å². The molecule has 0 saturated carbocycles. The predicted molar refractivity (Wildman–Crippen MR) is 152 cm³/mol. The van der Waals surface area contributed by atoms with Crippen LogP contribution in [0.3, 0.4) is 0 Å². The van der Waals surface area contributed by atoms with Crippen molar-refractivity contribution in [2.24, 2.45) is 5.92 Å². The van der Waals surface area contributed by atoms with Crippen LogP contribution in [-0.4, -0.2) is 62.2 Å². The van der Waals surface area contributed by atoms with Gasteiger partial charge in [0.1, 0.15) is 6.04 Å². The number of thiazole rings is 1. The van der Waals surface area contributed by atoms with Gasteiger partial charge in [-0.2, -0.15) is 0 Å². The summed E-state index contributed by atoms with van der Waals surface area (Å²) in [4.78, 5) is 49.0. The van der Waals surface area contributed by atoms with Crippen LogP contribution in [0.4, 0.5) is 0 Å². The van der Waals surface area contributed by atoms with E-state index in [-0.39, 0.29) is 49.4 Å². The van der Waals surface area contributed by atoms with E-state index in [4.69, 9.17) is 11.6 Å². The summed E-state index contributed by atoms with van der Waals surface area (Å²) in [7, 11) is 0. The van der Waals surface area contributed by atoms with Crippen molar-refractivity contribution in [3.05, 3.63) is 75.4 Å². The lowest BCUT2D eigenvalue weighted by Gasteiger charge is -2.35. The number of Topliss-reactive ketones (excluding diaryl/α,β-unsaturated/α-hetero) is 1. The molecule has 1 unspecified atom stereocenters. The molecule has 1 saturated heterocycles. The molecule has 1 fully saturated rings. The van der Waals surface area contributed by atoms with Crippen molar-refractivity contribution >= 4 is 40.5 Å². The van der Waals surface area contributed by atoms with Gasteiger partial charge in [-0.25, -0.2) is 4.98 Å². The molecule has 0 spiro atoms. The van der Waals surface area contributed by atoms with Crippen molar-refractivity contribution in [3.63, 3.8) is 0 Å². The summed E-state index contributed by atoms with van der Waals surface area (Å²) < 4.78 is 0. The third kappa shape index (κ3) is 5.38. The van der Waals surface area contributed by atoms with Crippen molar-refractivity contribution < 1.29 is 19.5 Å². The van der Waals surface area contributed by atoms with Gasteiger partial charge in [-0.1, -0.05) is 55.8 Å². The number of aliphatic hydroxyl groups excluding tert-OH is 1. The van der Waals surface area contributed by atoms with Gasteiger partial charge in [-0.15, -0.1) is 11.3 Å². The summed E-state index contributed by atoms with van der Waals surface area (Å²) in [5, 5.41) is 11.0. The van der Waals surface area contributed by atoms with Gasteiger partial charge in [-0.05, 0) is 42.5 Å². The van der Waals surface area contributed by atoms with E-state index in [2.05, 4.69) is 4.98 Å². The molecule has 2 aromatic carbocycles. The molecule has 9 heteroatoms. The van der Waals surface area contributed by atoms with Gasteiger partial charge in [0.25, 0.3) is 5.91 Å². The van der Waals surface area contributed by atoms with Crippen molar-refractivity contribution in [2.75, 3.05) is 6.54 Å². The van der Waals surface area contributed by atoms with Crippen LogP contribution in [0.15, 0.2) is 48.0 Å². The molecule has 0 radical (unpaired) electrons. The van der Waals surface area contributed by atoms with E-state index in [0.29, 0.717) is 22.6 Å². The second kappa shape index (κ2) is 11.2. The molecule has 0 bridgehead atoms. The molecule has 2 amide bonds. The number of carbonyl (C=O) groups excluding carboxylic acids is 3. The van der Waals surface area contributed by atoms with Gasteiger partial charge in [0.15, 0.2) is 5.78 Å². The second-order valence-corrected chi connectivity index (χ2v) is 12.0. The number of fused-ring (bicyclic) bond motifs is 1. The topological polar surface area (TPSA) is 90.8 Å². The number of aryl methyl sites for hydroxylation is 2. The van der Waals surface area contributed by atoms with E-state index < -0.39 is 18.2 Å². The van der Waals surface area contributed by atoms with E-state index in [1.165, 1.54) is 4.90 Å². The average Bonchev–Trinajstić information content (AvgIpc) is 3.61. The molecule has 204 valence electrons. The zero-order valence-corrected chi connectivity index (χ0v) is 23.8. The van der Waals surface area contributed by atoms with Crippen LogP contribution in [0.2, 0.25) is 5.02 Å². The van der Waals surface area contributed by atoms with Gasteiger partial charge >= 0.3 is 0 Å².